The van der Waals surface area contributed by atoms with Crippen LogP contribution in [0.4, 0.5) is 4.39 Å². The minimum Gasteiger partial charge on any atom is -0.302 e. The van der Waals surface area contributed by atoms with E-state index in [1.54, 1.807) is 0 Å². The Bertz CT molecular complexity index is 380. The number of benzene rings is 1. The summed E-state index contributed by atoms with van der Waals surface area (Å²) in [4.78, 5) is 2.31. The van der Waals surface area contributed by atoms with Crippen molar-refractivity contribution in [2.45, 2.75) is 19.9 Å². The van der Waals surface area contributed by atoms with Crippen molar-refractivity contribution < 1.29 is 4.39 Å². The molecular formula is C13H17BrFN. The fourth-order valence-corrected chi connectivity index (χ4v) is 2.49. The fourth-order valence-electron chi connectivity index (χ4n) is 2.07. The third-order valence-corrected chi connectivity index (χ3v) is 3.87. The molecule has 1 saturated carbocycles. The van der Waals surface area contributed by atoms with Crippen LogP contribution in [0.1, 0.15) is 18.9 Å². The van der Waals surface area contributed by atoms with Gasteiger partial charge in [0.05, 0.1) is 4.47 Å². The average molecular weight is 286 g/mol. The smallest absolute Gasteiger partial charge is 0.137 e. The second-order valence-electron chi connectivity index (χ2n) is 4.92. The lowest BCUT2D eigenvalue weighted by Gasteiger charge is -2.16. The molecule has 1 aromatic carbocycles. The predicted octanol–water partition coefficient (Wildman–Crippen LogP) is 3.68. The summed E-state index contributed by atoms with van der Waals surface area (Å²) in [5, 5.41) is 0. The zero-order chi connectivity index (χ0) is 11.7. The molecule has 2 rings (SSSR count). The van der Waals surface area contributed by atoms with Crippen LogP contribution in [0.15, 0.2) is 22.7 Å². The van der Waals surface area contributed by atoms with Crippen molar-refractivity contribution in [2.75, 3.05) is 13.6 Å². The van der Waals surface area contributed by atoms with E-state index in [9.17, 15) is 4.39 Å². The van der Waals surface area contributed by atoms with Gasteiger partial charge in [0.15, 0.2) is 0 Å². The fraction of sp³-hybridized carbons (Fsp3) is 0.538. The Hall–Kier alpha value is -0.410. The monoisotopic (exact) mass is 285 g/mol. The van der Waals surface area contributed by atoms with Crippen molar-refractivity contribution >= 4 is 15.9 Å². The molecule has 0 bridgehead atoms. The van der Waals surface area contributed by atoms with Crippen LogP contribution < -0.4 is 0 Å². The van der Waals surface area contributed by atoms with Gasteiger partial charge in [0, 0.05) is 13.1 Å². The van der Waals surface area contributed by atoms with Gasteiger partial charge >= 0.3 is 0 Å². The van der Waals surface area contributed by atoms with Gasteiger partial charge in [-0.1, -0.05) is 13.0 Å². The van der Waals surface area contributed by atoms with Crippen molar-refractivity contribution in [1.82, 2.24) is 4.90 Å². The molecule has 0 spiro atoms. The first-order chi connectivity index (χ1) is 7.56. The Morgan fingerprint density at radius 3 is 2.75 bits per heavy atom. The van der Waals surface area contributed by atoms with E-state index in [2.05, 4.69) is 34.8 Å². The Labute approximate surface area is 105 Å². The molecule has 2 atom stereocenters. The highest BCUT2D eigenvalue weighted by Gasteiger charge is 2.32. The molecule has 16 heavy (non-hydrogen) atoms. The molecular weight excluding hydrogens is 269 g/mol. The summed E-state index contributed by atoms with van der Waals surface area (Å²) in [6.45, 7) is 4.34. The quantitative estimate of drug-likeness (QED) is 0.816. The Morgan fingerprint density at radius 2 is 2.19 bits per heavy atom. The van der Waals surface area contributed by atoms with Gasteiger partial charge in [0.25, 0.3) is 0 Å². The van der Waals surface area contributed by atoms with Crippen LogP contribution in [0.3, 0.4) is 0 Å². The molecule has 0 aromatic heterocycles. The Balaban J connectivity index is 1.90. The van der Waals surface area contributed by atoms with Crippen molar-refractivity contribution in [1.29, 1.82) is 0 Å². The van der Waals surface area contributed by atoms with E-state index >= 15 is 0 Å². The first-order valence-electron chi connectivity index (χ1n) is 5.68. The summed E-state index contributed by atoms with van der Waals surface area (Å²) in [5.74, 6) is 1.57. The topological polar surface area (TPSA) is 3.24 Å². The van der Waals surface area contributed by atoms with Crippen molar-refractivity contribution in [3.05, 3.63) is 34.1 Å². The van der Waals surface area contributed by atoms with Gasteiger partial charge in [-0.15, -0.1) is 0 Å². The van der Waals surface area contributed by atoms with E-state index in [-0.39, 0.29) is 5.82 Å². The zero-order valence-corrected chi connectivity index (χ0v) is 11.3. The van der Waals surface area contributed by atoms with Crippen molar-refractivity contribution in [2.24, 2.45) is 11.8 Å². The lowest BCUT2D eigenvalue weighted by atomic mass is 10.2. The van der Waals surface area contributed by atoms with Gasteiger partial charge in [-0.3, -0.25) is 0 Å². The van der Waals surface area contributed by atoms with E-state index in [0.717, 1.165) is 30.5 Å². The average Bonchev–Trinajstić information content (AvgIpc) is 2.88. The summed E-state index contributed by atoms with van der Waals surface area (Å²) in [7, 11) is 2.13. The van der Waals surface area contributed by atoms with Crippen molar-refractivity contribution in [3.8, 4) is 0 Å². The van der Waals surface area contributed by atoms with E-state index < -0.39 is 0 Å². The summed E-state index contributed by atoms with van der Waals surface area (Å²) >= 11 is 3.22. The van der Waals surface area contributed by atoms with E-state index in [1.165, 1.54) is 12.5 Å². The van der Waals surface area contributed by atoms with Crippen molar-refractivity contribution in [3.63, 3.8) is 0 Å². The molecule has 0 aliphatic heterocycles. The molecule has 0 heterocycles. The second kappa shape index (κ2) is 4.84. The highest BCUT2D eigenvalue weighted by molar-refractivity contribution is 9.10. The SMILES string of the molecule is CC1CC1CN(C)Cc1ccc(F)c(Br)c1. The molecule has 1 aliphatic carbocycles. The molecule has 1 aliphatic rings. The summed E-state index contributed by atoms with van der Waals surface area (Å²) in [6.07, 6.45) is 1.36. The molecule has 88 valence electrons. The van der Waals surface area contributed by atoms with Crippen LogP contribution in [-0.4, -0.2) is 18.5 Å². The van der Waals surface area contributed by atoms with E-state index in [1.807, 2.05) is 12.1 Å². The van der Waals surface area contributed by atoms with Gasteiger partial charge in [-0.2, -0.15) is 0 Å². The maximum Gasteiger partial charge on any atom is 0.137 e. The lowest BCUT2D eigenvalue weighted by Crippen LogP contribution is -2.20. The number of halogens is 2. The molecule has 3 heteroatoms. The molecule has 1 nitrogen and oxygen atoms in total. The minimum atomic E-state index is -0.192. The summed E-state index contributed by atoms with van der Waals surface area (Å²) < 4.78 is 13.6. The summed E-state index contributed by atoms with van der Waals surface area (Å²) in [5.41, 5.74) is 1.16. The highest BCUT2D eigenvalue weighted by atomic mass is 79.9. The number of hydrogen-bond acceptors (Lipinski definition) is 1. The summed E-state index contributed by atoms with van der Waals surface area (Å²) in [6, 6.07) is 5.24. The number of nitrogens with zero attached hydrogens (tertiary/aromatic N) is 1. The third-order valence-electron chi connectivity index (χ3n) is 3.26. The van der Waals surface area contributed by atoms with E-state index in [0.29, 0.717) is 4.47 Å². The molecule has 1 aromatic rings. The molecule has 0 N–H and O–H groups in total. The molecule has 0 saturated heterocycles. The van der Waals surface area contributed by atoms with Crippen LogP contribution in [0, 0.1) is 17.7 Å². The Kier molecular flexibility index (Phi) is 3.65. The molecule has 1 fully saturated rings. The first-order valence-corrected chi connectivity index (χ1v) is 6.48. The normalized spacial score (nSPS) is 23.8. The highest BCUT2D eigenvalue weighted by Crippen LogP contribution is 2.38. The van der Waals surface area contributed by atoms with Crippen LogP contribution in [0.25, 0.3) is 0 Å². The Morgan fingerprint density at radius 1 is 1.50 bits per heavy atom. The predicted molar refractivity (Wildman–Crippen MR) is 67.7 cm³/mol. The van der Waals surface area contributed by atoms with Crippen LogP contribution in [0.5, 0.6) is 0 Å². The van der Waals surface area contributed by atoms with Gasteiger partial charge in [0.2, 0.25) is 0 Å². The maximum atomic E-state index is 13.0. The maximum absolute atomic E-state index is 13.0. The van der Waals surface area contributed by atoms with Gasteiger partial charge in [-0.25, -0.2) is 4.39 Å². The first kappa shape index (κ1) is 12.1. The van der Waals surface area contributed by atoms with E-state index in [4.69, 9.17) is 0 Å². The van der Waals surface area contributed by atoms with Crippen LogP contribution >= 0.6 is 15.9 Å². The largest absolute Gasteiger partial charge is 0.302 e. The third kappa shape index (κ3) is 3.05. The van der Waals surface area contributed by atoms with Gasteiger partial charge < -0.3 is 4.90 Å². The van der Waals surface area contributed by atoms with Crippen LogP contribution in [-0.2, 0) is 6.54 Å². The minimum absolute atomic E-state index is 0.192. The van der Waals surface area contributed by atoms with Gasteiger partial charge in [-0.05, 0) is 58.9 Å². The van der Waals surface area contributed by atoms with Gasteiger partial charge in [0.1, 0.15) is 5.82 Å². The van der Waals surface area contributed by atoms with Crippen LogP contribution in [0.2, 0.25) is 0 Å². The molecule has 2 unspecified atom stereocenters. The number of rotatable bonds is 4. The molecule has 0 amide bonds. The standard InChI is InChI=1S/C13H17BrFN/c1-9-5-11(9)8-16(2)7-10-3-4-13(15)12(14)6-10/h3-4,6,9,11H,5,7-8H2,1-2H3. The second-order valence-corrected chi connectivity index (χ2v) is 5.77. The molecule has 0 radical (unpaired) electrons. The number of hydrogen-bond donors (Lipinski definition) is 0. The zero-order valence-electron chi connectivity index (χ0n) is 9.71. The lowest BCUT2D eigenvalue weighted by molar-refractivity contribution is 0.307.